The van der Waals surface area contributed by atoms with Gasteiger partial charge in [0.05, 0.1) is 5.56 Å². The fraction of sp³-hybridized carbons (Fsp3) is 0.167. The lowest BCUT2D eigenvalue weighted by atomic mass is 10.1. The summed E-state index contributed by atoms with van der Waals surface area (Å²) in [5.41, 5.74) is 0.878. The molecule has 0 saturated carbocycles. The summed E-state index contributed by atoms with van der Waals surface area (Å²) in [6.07, 6.45) is -4.53. The van der Waals surface area contributed by atoms with Crippen LogP contribution in [-0.2, 0) is 17.6 Å². The summed E-state index contributed by atoms with van der Waals surface area (Å²) in [6, 6.07) is 18.5. The molecule has 0 saturated heterocycles. The zero-order valence-corrected chi connectivity index (χ0v) is 17.6. The third-order valence-electron chi connectivity index (χ3n) is 4.36. The summed E-state index contributed by atoms with van der Waals surface area (Å²) < 4.78 is 49.4. The zero-order chi connectivity index (χ0) is 23.8. The molecule has 0 atom stereocenters. The van der Waals surface area contributed by atoms with Gasteiger partial charge in [-0.15, -0.1) is 0 Å². The van der Waals surface area contributed by atoms with Gasteiger partial charge in [-0.2, -0.15) is 13.2 Å². The molecule has 33 heavy (non-hydrogen) atoms. The Morgan fingerprint density at radius 1 is 0.879 bits per heavy atom. The van der Waals surface area contributed by atoms with Gasteiger partial charge in [-0.05, 0) is 60.5 Å². The van der Waals surface area contributed by atoms with Gasteiger partial charge in [0.2, 0.25) is 0 Å². The number of ether oxygens (including phenoxy) is 2. The minimum atomic E-state index is -4.53. The molecule has 0 bridgehead atoms. The van der Waals surface area contributed by atoms with E-state index in [4.69, 9.17) is 9.47 Å². The van der Waals surface area contributed by atoms with E-state index in [0.717, 1.165) is 17.7 Å². The lowest BCUT2D eigenvalue weighted by molar-refractivity contribution is -0.137. The van der Waals surface area contributed by atoms with Crippen molar-refractivity contribution in [3.63, 3.8) is 0 Å². The van der Waals surface area contributed by atoms with Gasteiger partial charge in [0, 0.05) is 5.69 Å². The first-order chi connectivity index (χ1) is 15.7. The van der Waals surface area contributed by atoms with Crippen molar-refractivity contribution in [2.75, 3.05) is 11.9 Å². The minimum absolute atomic E-state index is 0.121. The summed E-state index contributed by atoms with van der Waals surface area (Å²) in [6.45, 7) is 1.25. The Balaban J connectivity index is 1.45. The number of hydrogen-bond donors (Lipinski definition) is 2. The van der Waals surface area contributed by atoms with Gasteiger partial charge in [0.1, 0.15) is 18.1 Å². The van der Waals surface area contributed by atoms with E-state index in [1.165, 1.54) is 13.0 Å². The van der Waals surface area contributed by atoms with E-state index < -0.39 is 30.3 Å². The Kier molecular flexibility index (Phi) is 7.55. The van der Waals surface area contributed by atoms with E-state index in [2.05, 4.69) is 10.6 Å². The fourth-order valence-corrected chi connectivity index (χ4v) is 2.84. The Morgan fingerprint density at radius 3 is 2.24 bits per heavy atom. The maximum absolute atomic E-state index is 12.9. The molecule has 0 heterocycles. The van der Waals surface area contributed by atoms with Crippen LogP contribution in [0.2, 0.25) is 0 Å². The predicted molar refractivity (Wildman–Crippen MR) is 116 cm³/mol. The van der Waals surface area contributed by atoms with Gasteiger partial charge in [0.25, 0.3) is 5.91 Å². The smallest absolute Gasteiger partial charge is 0.416 e. The minimum Gasteiger partial charge on any atom is -0.489 e. The van der Waals surface area contributed by atoms with Crippen LogP contribution in [0.5, 0.6) is 11.5 Å². The van der Waals surface area contributed by atoms with Crippen LogP contribution in [0, 0.1) is 6.92 Å². The van der Waals surface area contributed by atoms with Crippen molar-refractivity contribution in [2.24, 2.45) is 0 Å². The Bertz CT molecular complexity index is 1100. The van der Waals surface area contributed by atoms with Gasteiger partial charge >= 0.3 is 12.2 Å². The van der Waals surface area contributed by atoms with Crippen molar-refractivity contribution in [3.05, 3.63) is 89.5 Å². The zero-order valence-electron chi connectivity index (χ0n) is 17.6. The third-order valence-corrected chi connectivity index (χ3v) is 4.36. The molecule has 0 fully saturated rings. The number of alkyl halides is 3. The average molecular weight is 458 g/mol. The molecule has 3 aromatic rings. The molecule has 2 N–H and O–H groups in total. The number of carbonyl (C=O) groups is 2. The number of imide groups is 1. The highest BCUT2D eigenvalue weighted by atomic mass is 19.4. The molecular weight excluding hydrogens is 437 g/mol. The van der Waals surface area contributed by atoms with Crippen molar-refractivity contribution in [2.45, 2.75) is 19.7 Å². The van der Waals surface area contributed by atoms with Crippen LogP contribution < -0.4 is 20.1 Å². The number of hydrogen-bond acceptors (Lipinski definition) is 4. The second-order valence-corrected chi connectivity index (χ2v) is 7.12. The van der Waals surface area contributed by atoms with Crippen LogP contribution in [0.4, 0.5) is 23.7 Å². The molecule has 0 aromatic heterocycles. The Hall–Kier alpha value is -4.01. The molecule has 3 aromatic carbocycles. The van der Waals surface area contributed by atoms with E-state index in [-0.39, 0.29) is 5.75 Å². The third kappa shape index (κ3) is 7.57. The van der Waals surface area contributed by atoms with Gasteiger partial charge < -0.3 is 14.8 Å². The largest absolute Gasteiger partial charge is 0.489 e. The predicted octanol–water partition coefficient (Wildman–Crippen LogP) is 5.32. The van der Waals surface area contributed by atoms with Gasteiger partial charge in [-0.25, -0.2) is 4.79 Å². The highest BCUT2D eigenvalue weighted by Crippen LogP contribution is 2.32. The number of halogens is 3. The van der Waals surface area contributed by atoms with Crippen LogP contribution >= 0.6 is 0 Å². The second kappa shape index (κ2) is 10.5. The number of nitrogens with one attached hydrogen (secondary N) is 2. The molecule has 6 nitrogen and oxygen atoms in total. The van der Waals surface area contributed by atoms with Crippen molar-refractivity contribution in [1.82, 2.24) is 5.32 Å². The van der Waals surface area contributed by atoms with Crippen LogP contribution in [0.3, 0.4) is 0 Å². The van der Waals surface area contributed by atoms with E-state index in [9.17, 15) is 22.8 Å². The summed E-state index contributed by atoms with van der Waals surface area (Å²) in [4.78, 5) is 23.9. The number of benzene rings is 3. The molecule has 9 heteroatoms. The molecule has 0 aliphatic rings. The Morgan fingerprint density at radius 2 is 1.58 bits per heavy atom. The summed E-state index contributed by atoms with van der Waals surface area (Å²) in [5, 5.41) is 4.53. The maximum atomic E-state index is 12.9. The first-order valence-corrected chi connectivity index (χ1v) is 9.88. The number of anilines is 1. The van der Waals surface area contributed by atoms with Gasteiger partial charge in [-0.1, -0.05) is 30.3 Å². The van der Waals surface area contributed by atoms with Crippen LogP contribution in [0.1, 0.15) is 16.7 Å². The Labute approximate surface area is 188 Å². The van der Waals surface area contributed by atoms with Crippen molar-refractivity contribution >= 4 is 17.6 Å². The van der Waals surface area contributed by atoms with Crippen molar-refractivity contribution < 1.29 is 32.2 Å². The lowest BCUT2D eigenvalue weighted by Gasteiger charge is -2.12. The first-order valence-electron chi connectivity index (χ1n) is 9.88. The standard InChI is InChI=1S/C24H21F3N2O4/c1-16-11-18(24(25,26)27)13-21(12-16)33-15-22(30)29-23(31)28-19-7-9-20(10-8-19)32-14-17-5-3-2-4-6-17/h2-13H,14-15H2,1H3,(H2,28,29,30,31). The first kappa shape index (κ1) is 23.6. The number of urea groups is 1. The number of amides is 3. The van der Waals surface area contributed by atoms with Gasteiger partial charge in [-0.3, -0.25) is 10.1 Å². The summed E-state index contributed by atoms with van der Waals surface area (Å²) in [5.74, 6) is -0.333. The van der Waals surface area contributed by atoms with Crippen molar-refractivity contribution in [3.8, 4) is 11.5 Å². The molecule has 3 amide bonds. The van der Waals surface area contributed by atoms with Gasteiger partial charge in [0.15, 0.2) is 6.61 Å². The number of carbonyl (C=O) groups excluding carboxylic acids is 2. The average Bonchev–Trinajstić information content (AvgIpc) is 2.77. The van der Waals surface area contributed by atoms with E-state index in [1.54, 1.807) is 24.3 Å². The monoisotopic (exact) mass is 458 g/mol. The van der Waals surface area contributed by atoms with E-state index >= 15 is 0 Å². The number of aryl methyl sites for hydroxylation is 1. The van der Waals surface area contributed by atoms with Crippen LogP contribution in [0.25, 0.3) is 0 Å². The van der Waals surface area contributed by atoms with E-state index in [1.807, 2.05) is 30.3 Å². The normalized spacial score (nSPS) is 10.9. The molecule has 0 aliphatic heterocycles. The fourth-order valence-electron chi connectivity index (χ4n) is 2.84. The molecule has 3 rings (SSSR count). The topological polar surface area (TPSA) is 76.7 Å². The molecule has 0 unspecified atom stereocenters. The van der Waals surface area contributed by atoms with E-state index in [0.29, 0.717) is 23.6 Å². The number of rotatable bonds is 7. The highest BCUT2D eigenvalue weighted by Gasteiger charge is 2.31. The summed E-state index contributed by atoms with van der Waals surface area (Å²) in [7, 11) is 0. The quantitative estimate of drug-likeness (QED) is 0.503. The molecule has 0 spiro atoms. The second-order valence-electron chi connectivity index (χ2n) is 7.12. The van der Waals surface area contributed by atoms with Crippen LogP contribution in [-0.4, -0.2) is 18.5 Å². The SMILES string of the molecule is Cc1cc(OCC(=O)NC(=O)Nc2ccc(OCc3ccccc3)cc2)cc(C(F)(F)F)c1. The maximum Gasteiger partial charge on any atom is 0.416 e. The lowest BCUT2D eigenvalue weighted by Crippen LogP contribution is -2.37. The highest BCUT2D eigenvalue weighted by molar-refractivity contribution is 6.01. The molecule has 0 aliphatic carbocycles. The molecule has 172 valence electrons. The molecular formula is C24H21F3N2O4. The van der Waals surface area contributed by atoms with Crippen LogP contribution in [0.15, 0.2) is 72.8 Å². The molecule has 0 radical (unpaired) electrons. The van der Waals surface area contributed by atoms with Crippen molar-refractivity contribution in [1.29, 1.82) is 0 Å². The summed E-state index contributed by atoms with van der Waals surface area (Å²) >= 11 is 0.